The third kappa shape index (κ3) is 3.22. The van der Waals surface area contributed by atoms with Gasteiger partial charge in [-0.05, 0) is 48.2 Å². The number of halogens is 1. The topological polar surface area (TPSA) is 101 Å². The van der Waals surface area contributed by atoms with E-state index in [2.05, 4.69) is 10.6 Å². The molecular formula is C23H22FN5O2. The van der Waals surface area contributed by atoms with Crippen LogP contribution < -0.4 is 10.6 Å². The van der Waals surface area contributed by atoms with Gasteiger partial charge in [-0.2, -0.15) is 5.26 Å². The quantitative estimate of drug-likeness (QED) is 0.710. The van der Waals surface area contributed by atoms with Gasteiger partial charge in [0.1, 0.15) is 11.9 Å². The minimum Gasteiger partial charge on any atom is -0.381 e. The lowest BCUT2D eigenvalue weighted by atomic mass is 9.67. The Bertz CT molecular complexity index is 1100. The third-order valence-corrected chi connectivity index (χ3v) is 6.42. The van der Waals surface area contributed by atoms with Crippen molar-refractivity contribution in [3.63, 3.8) is 0 Å². The number of rotatable bonds is 3. The molecule has 2 aromatic rings. The maximum atomic E-state index is 13.5. The molecule has 31 heavy (non-hydrogen) atoms. The number of nitriles is 1. The highest BCUT2D eigenvalue weighted by atomic mass is 19.1. The second kappa shape index (κ2) is 7.36. The average molecular weight is 419 g/mol. The number of amides is 1. The zero-order valence-electron chi connectivity index (χ0n) is 16.9. The molecule has 0 radical (unpaired) electrons. The van der Waals surface area contributed by atoms with E-state index in [4.69, 9.17) is 10.1 Å². The zero-order chi connectivity index (χ0) is 21.6. The molecule has 158 valence electrons. The summed E-state index contributed by atoms with van der Waals surface area (Å²) in [4.78, 5) is 14.6. The first-order valence-corrected chi connectivity index (χ1v) is 10.4. The lowest BCUT2D eigenvalue weighted by Gasteiger charge is -2.51. The Morgan fingerprint density at radius 2 is 2.03 bits per heavy atom. The Morgan fingerprint density at radius 1 is 1.23 bits per heavy atom. The fourth-order valence-electron chi connectivity index (χ4n) is 4.89. The van der Waals surface area contributed by atoms with Crippen molar-refractivity contribution in [3.05, 3.63) is 58.9 Å². The molecule has 0 aromatic heterocycles. The molecule has 5 rings (SSSR count). The molecule has 3 aliphatic rings. The Balaban J connectivity index is 1.39. The number of nitrogens with zero attached hydrogens (tertiary/aromatic N) is 2. The van der Waals surface area contributed by atoms with Crippen molar-refractivity contribution in [1.82, 2.24) is 10.2 Å². The molecule has 8 heteroatoms. The third-order valence-electron chi connectivity index (χ3n) is 6.42. The van der Waals surface area contributed by atoms with Crippen LogP contribution in [0.5, 0.6) is 0 Å². The summed E-state index contributed by atoms with van der Waals surface area (Å²) in [7, 11) is 0. The van der Waals surface area contributed by atoms with Crippen molar-refractivity contribution in [3.8, 4) is 6.07 Å². The van der Waals surface area contributed by atoms with Crippen LogP contribution in [-0.4, -0.2) is 36.0 Å². The van der Waals surface area contributed by atoms with Gasteiger partial charge >= 0.3 is 0 Å². The number of guanidine groups is 1. The molecule has 2 aliphatic heterocycles. The molecule has 2 fully saturated rings. The zero-order valence-corrected chi connectivity index (χ0v) is 16.9. The monoisotopic (exact) mass is 419 g/mol. The minimum atomic E-state index is -0.580. The van der Waals surface area contributed by atoms with Crippen LogP contribution >= 0.6 is 0 Å². The van der Waals surface area contributed by atoms with Crippen molar-refractivity contribution in [2.24, 2.45) is 0 Å². The van der Waals surface area contributed by atoms with Crippen molar-refractivity contribution in [2.75, 3.05) is 18.5 Å². The summed E-state index contributed by atoms with van der Waals surface area (Å²) in [6.45, 7) is 1.22. The summed E-state index contributed by atoms with van der Waals surface area (Å²) in [5.74, 6) is -0.345. The fourth-order valence-corrected chi connectivity index (χ4v) is 4.89. The van der Waals surface area contributed by atoms with Crippen LogP contribution in [0.4, 0.5) is 15.8 Å². The van der Waals surface area contributed by atoms with Gasteiger partial charge in [0.15, 0.2) is 5.96 Å². The van der Waals surface area contributed by atoms with E-state index in [0.717, 1.165) is 29.7 Å². The van der Waals surface area contributed by atoms with Crippen LogP contribution in [0.25, 0.3) is 0 Å². The number of fused-ring (bicyclic) bond motifs is 2. The second-order valence-corrected chi connectivity index (χ2v) is 8.27. The van der Waals surface area contributed by atoms with E-state index in [9.17, 15) is 14.4 Å². The van der Waals surface area contributed by atoms with Gasteiger partial charge in [-0.1, -0.05) is 12.1 Å². The number of benzene rings is 2. The van der Waals surface area contributed by atoms with E-state index < -0.39 is 11.4 Å². The molecule has 1 aliphatic carbocycles. The van der Waals surface area contributed by atoms with Crippen molar-refractivity contribution >= 4 is 23.2 Å². The number of anilines is 2. The van der Waals surface area contributed by atoms with Crippen LogP contribution in [0, 0.1) is 22.6 Å². The van der Waals surface area contributed by atoms with E-state index in [1.807, 2.05) is 24.3 Å². The highest BCUT2D eigenvalue weighted by Crippen LogP contribution is 2.47. The van der Waals surface area contributed by atoms with Gasteiger partial charge in [-0.15, -0.1) is 0 Å². The van der Waals surface area contributed by atoms with Gasteiger partial charge in [0, 0.05) is 31.4 Å². The van der Waals surface area contributed by atoms with Gasteiger partial charge in [0.25, 0.3) is 0 Å². The van der Waals surface area contributed by atoms with E-state index in [-0.39, 0.29) is 23.5 Å². The van der Waals surface area contributed by atoms with Crippen molar-refractivity contribution in [1.29, 1.82) is 10.7 Å². The standard InChI is InChI=1S/C23H22FN5O2/c24-15-4-5-19(14(10-15)13-25)27-20-3-1-2-18-17(20)11-23(18)12-21(30)29(22(26)28-23)16-6-8-31-9-7-16/h1-5,10,16,27H,6-9,11-12H2,(H2,26,28)/t23-/m0/s1. The maximum absolute atomic E-state index is 13.5. The average Bonchev–Trinajstić information content (AvgIpc) is 2.75. The first kappa shape index (κ1) is 19.5. The molecule has 2 aromatic carbocycles. The lowest BCUT2D eigenvalue weighted by molar-refractivity contribution is -0.134. The number of carbonyl (C=O) groups is 1. The molecule has 7 nitrogen and oxygen atoms in total. The van der Waals surface area contributed by atoms with Gasteiger partial charge in [-0.3, -0.25) is 15.1 Å². The van der Waals surface area contributed by atoms with Crippen LogP contribution in [0.1, 0.15) is 36.0 Å². The summed E-state index contributed by atoms with van der Waals surface area (Å²) in [5, 5.41) is 24.4. The predicted molar refractivity (Wildman–Crippen MR) is 112 cm³/mol. The molecule has 2 heterocycles. The Kier molecular flexibility index (Phi) is 4.63. The number of hydrogen-bond donors (Lipinski definition) is 3. The Morgan fingerprint density at radius 3 is 2.77 bits per heavy atom. The van der Waals surface area contributed by atoms with E-state index in [1.165, 1.54) is 12.1 Å². The van der Waals surface area contributed by atoms with Crippen LogP contribution in [0.15, 0.2) is 36.4 Å². The van der Waals surface area contributed by atoms with Crippen LogP contribution in [0.2, 0.25) is 0 Å². The summed E-state index contributed by atoms with van der Waals surface area (Å²) in [6.07, 6.45) is 2.37. The molecule has 1 amide bonds. The SMILES string of the molecule is N#Cc1cc(F)ccc1Nc1cccc2c1C[C@]21CC(=O)N(C2CCOCC2)C(=N)N1. The Labute approximate surface area is 179 Å². The number of ether oxygens (including phenoxy) is 1. The van der Waals surface area contributed by atoms with Crippen molar-refractivity contribution < 1.29 is 13.9 Å². The highest BCUT2D eigenvalue weighted by molar-refractivity contribution is 6.00. The maximum Gasteiger partial charge on any atom is 0.232 e. The predicted octanol–water partition coefficient (Wildman–Crippen LogP) is 3.13. The molecule has 0 bridgehead atoms. The van der Waals surface area contributed by atoms with Crippen LogP contribution in [-0.2, 0) is 21.5 Å². The fraction of sp³-hybridized carbons (Fsp3) is 0.348. The van der Waals surface area contributed by atoms with Gasteiger partial charge in [0.2, 0.25) is 5.91 Å². The second-order valence-electron chi connectivity index (χ2n) is 8.27. The minimum absolute atomic E-state index is 0.00836. The van der Waals surface area contributed by atoms with Gasteiger partial charge in [0.05, 0.1) is 23.2 Å². The number of nitrogens with one attached hydrogen (secondary N) is 3. The summed E-state index contributed by atoms with van der Waals surface area (Å²) in [5.41, 5.74) is 3.00. The van der Waals surface area contributed by atoms with Gasteiger partial charge < -0.3 is 15.4 Å². The van der Waals surface area contributed by atoms with E-state index >= 15 is 0 Å². The Hall–Kier alpha value is -3.44. The molecule has 1 atom stereocenters. The molecule has 2 saturated heterocycles. The highest BCUT2D eigenvalue weighted by Gasteiger charge is 2.51. The first-order chi connectivity index (χ1) is 15.0. The number of carbonyl (C=O) groups excluding carboxylic acids is 1. The largest absolute Gasteiger partial charge is 0.381 e. The number of hydrogen-bond acceptors (Lipinski definition) is 5. The summed E-state index contributed by atoms with van der Waals surface area (Å²) < 4.78 is 18.8. The van der Waals surface area contributed by atoms with Crippen LogP contribution in [0.3, 0.4) is 0 Å². The van der Waals surface area contributed by atoms with Crippen molar-refractivity contribution in [2.45, 2.75) is 37.3 Å². The molecule has 0 saturated carbocycles. The smallest absolute Gasteiger partial charge is 0.232 e. The molecular weight excluding hydrogens is 397 g/mol. The first-order valence-electron chi connectivity index (χ1n) is 10.4. The normalized spacial score (nSPS) is 23.0. The summed E-state index contributed by atoms with van der Waals surface area (Å²) in [6, 6.07) is 11.8. The van der Waals surface area contributed by atoms with Gasteiger partial charge in [-0.25, -0.2) is 4.39 Å². The lowest BCUT2D eigenvalue weighted by Crippen LogP contribution is -2.66. The van der Waals surface area contributed by atoms with E-state index in [0.29, 0.717) is 31.7 Å². The summed E-state index contributed by atoms with van der Waals surface area (Å²) >= 11 is 0. The molecule has 0 unspecified atom stereocenters. The van der Waals surface area contributed by atoms with E-state index in [1.54, 1.807) is 11.0 Å². The molecule has 1 spiro atoms. The molecule has 3 N–H and O–H groups in total.